The molecule has 1 fully saturated rings. The van der Waals surface area contributed by atoms with Gasteiger partial charge in [0.05, 0.1) is 13.2 Å². The molecule has 2 aliphatic heterocycles. The molecule has 0 N–H and O–H groups in total. The molecule has 6 heteroatoms. The molecule has 25 heavy (non-hydrogen) atoms. The van der Waals surface area contributed by atoms with Crippen LogP contribution in [0.1, 0.15) is 41.9 Å². The highest BCUT2D eigenvalue weighted by atomic mass is 19.4. The molecular formula is C19H20F3NO2. The van der Waals surface area contributed by atoms with Gasteiger partial charge >= 0.3 is 12.1 Å². The van der Waals surface area contributed by atoms with Crippen molar-refractivity contribution in [1.82, 2.24) is 4.90 Å². The van der Waals surface area contributed by atoms with E-state index >= 15 is 0 Å². The number of halogens is 3. The van der Waals surface area contributed by atoms with Crippen molar-refractivity contribution in [1.29, 1.82) is 0 Å². The highest BCUT2D eigenvalue weighted by Crippen LogP contribution is 2.44. The van der Waals surface area contributed by atoms with Crippen LogP contribution in [0.3, 0.4) is 0 Å². The fourth-order valence-corrected chi connectivity index (χ4v) is 4.43. The van der Waals surface area contributed by atoms with E-state index in [1.807, 2.05) is 12.1 Å². The summed E-state index contributed by atoms with van der Waals surface area (Å²) in [5.41, 5.74) is 4.56. The van der Waals surface area contributed by atoms with E-state index in [0.29, 0.717) is 26.1 Å². The summed E-state index contributed by atoms with van der Waals surface area (Å²) in [4.78, 5) is 12.9. The lowest BCUT2D eigenvalue weighted by molar-refractivity contribution is -0.189. The highest BCUT2D eigenvalue weighted by Gasteiger charge is 2.49. The van der Waals surface area contributed by atoms with E-state index in [9.17, 15) is 18.0 Å². The Morgan fingerprint density at radius 3 is 2.84 bits per heavy atom. The van der Waals surface area contributed by atoms with Crippen LogP contribution in [0.25, 0.3) is 5.57 Å². The molecule has 2 atom stereocenters. The molecule has 1 amide bonds. The Balaban J connectivity index is 1.63. The first-order valence-electron chi connectivity index (χ1n) is 8.73. The number of likely N-dealkylation sites (tertiary alicyclic amines) is 1. The molecular weight excluding hydrogens is 331 g/mol. The molecule has 1 aliphatic carbocycles. The summed E-state index contributed by atoms with van der Waals surface area (Å²) >= 11 is 0. The van der Waals surface area contributed by atoms with Crippen LogP contribution in [0, 0.1) is 0 Å². The number of carbonyl (C=O) groups excluding carboxylic acids is 1. The Kier molecular flexibility index (Phi) is 4.10. The zero-order valence-electron chi connectivity index (χ0n) is 13.8. The molecule has 3 nitrogen and oxygen atoms in total. The molecule has 2 heterocycles. The first-order chi connectivity index (χ1) is 11.9. The second-order valence-corrected chi connectivity index (χ2v) is 6.98. The van der Waals surface area contributed by atoms with Gasteiger partial charge in [-0.2, -0.15) is 13.2 Å². The minimum Gasteiger partial charge on any atom is -0.377 e. The SMILES string of the molecule is O=C(N1CCCC2c3cc(C4=CCOCC4)ccc3CC21)C(F)(F)F. The van der Waals surface area contributed by atoms with E-state index in [4.69, 9.17) is 4.74 Å². The largest absolute Gasteiger partial charge is 0.471 e. The number of carbonyl (C=O) groups is 1. The van der Waals surface area contributed by atoms with Crippen molar-refractivity contribution in [2.45, 2.75) is 43.8 Å². The van der Waals surface area contributed by atoms with Gasteiger partial charge in [0.1, 0.15) is 0 Å². The zero-order valence-corrected chi connectivity index (χ0v) is 13.8. The molecule has 0 spiro atoms. The standard InChI is InChI=1S/C19H20F3NO2/c20-19(21,22)18(24)23-7-1-2-15-16-10-13(12-5-8-25-9-6-12)3-4-14(16)11-17(15)23/h3-5,10,15,17H,1-2,6-9,11H2. The van der Waals surface area contributed by atoms with Crippen molar-refractivity contribution in [3.05, 3.63) is 41.0 Å². The summed E-state index contributed by atoms with van der Waals surface area (Å²) in [5, 5.41) is 0. The van der Waals surface area contributed by atoms with Crippen molar-refractivity contribution in [2.75, 3.05) is 19.8 Å². The second-order valence-electron chi connectivity index (χ2n) is 6.98. The second kappa shape index (κ2) is 6.16. The smallest absolute Gasteiger partial charge is 0.377 e. The van der Waals surface area contributed by atoms with Crippen LogP contribution in [0.5, 0.6) is 0 Å². The van der Waals surface area contributed by atoms with Gasteiger partial charge in [0.2, 0.25) is 0 Å². The van der Waals surface area contributed by atoms with Gasteiger partial charge in [-0.1, -0.05) is 24.3 Å². The number of hydrogen-bond acceptors (Lipinski definition) is 2. The van der Waals surface area contributed by atoms with Crippen LogP contribution in [0.2, 0.25) is 0 Å². The normalized spacial score (nSPS) is 26.0. The molecule has 4 rings (SSSR count). The van der Waals surface area contributed by atoms with E-state index in [1.165, 1.54) is 5.57 Å². The van der Waals surface area contributed by atoms with Gasteiger partial charge in [-0.05, 0) is 47.9 Å². The predicted octanol–water partition coefficient (Wildman–Crippen LogP) is 3.68. The fourth-order valence-electron chi connectivity index (χ4n) is 4.43. The van der Waals surface area contributed by atoms with Crippen molar-refractivity contribution in [3.63, 3.8) is 0 Å². The predicted molar refractivity (Wildman–Crippen MR) is 87.1 cm³/mol. The Morgan fingerprint density at radius 2 is 2.12 bits per heavy atom. The number of amides is 1. The maximum atomic E-state index is 12.9. The van der Waals surface area contributed by atoms with Gasteiger partial charge in [-0.25, -0.2) is 0 Å². The molecule has 0 bridgehead atoms. The molecule has 1 aromatic carbocycles. The van der Waals surface area contributed by atoms with Gasteiger partial charge in [0.25, 0.3) is 0 Å². The monoisotopic (exact) mass is 351 g/mol. The lowest BCUT2D eigenvalue weighted by atomic mass is 9.87. The third-order valence-electron chi connectivity index (χ3n) is 5.59. The van der Waals surface area contributed by atoms with Gasteiger partial charge in [0.15, 0.2) is 0 Å². The maximum absolute atomic E-state index is 12.9. The van der Waals surface area contributed by atoms with Crippen LogP contribution in [0.15, 0.2) is 24.3 Å². The molecule has 2 unspecified atom stereocenters. The molecule has 134 valence electrons. The number of hydrogen-bond donors (Lipinski definition) is 0. The van der Waals surface area contributed by atoms with E-state index in [0.717, 1.165) is 34.4 Å². The van der Waals surface area contributed by atoms with Gasteiger partial charge < -0.3 is 9.64 Å². The number of fused-ring (bicyclic) bond motifs is 3. The Hall–Kier alpha value is -1.82. The minimum absolute atomic E-state index is 0.00967. The van der Waals surface area contributed by atoms with Crippen LogP contribution in [-0.2, 0) is 16.0 Å². The topological polar surface area (TPSA) is 29.5 Å². The summed E-state index contributed by atoms with van der Waals surface area (Å²) in [5.74, 6) is -1.68. The fraction of sp³-hybridized carbons (Fsp3) is 0.526. The number of ether oxygens (including phenoxy) is 1. The first-order valence-corrected chi connectivity index (χ1v) is 8.73. The molecule has 0 aromatic heterocycles. The number of benzene rings is 1. The first kappa shape index (κ1) is 16.6. The zero-order chi connectivity index (χ0) is 17.6. The summed E-state index contributed by atoms with van der Waals surface area (Å²) < 4.78 is 44.1. The molecule has 0 radical (unpaired) electrons. The lowest BCUT2D eigenvalue weighted by Crippen LogP contribution is -2.51. The van der Waals surface area contributed by atoms with Crippen molar-refractivity contribution >= 4 is 11.5 Å². The van der Waals surface area contributed by atoms with Gasteiger partial charge in [-0.15, -0.1) is 0 Å². The van der Waals surface area contributed by atoms with Crippen molar-refractivity contribution in [3.8, 4) is 0 Å². The third-order valence-corrected chi connectivity index (χ3v) is 5.59. The number of rotatable bonds is 1. The van der Waals surface area contributed by atoms with Crippen molar-refractivity contribution < 1.29 is 22.7 Å². The van der Waals surface area contributed by atoms with E-state index in [-0.39, 0.29) is 18.5 Å². The van der Waals surface area contributed by atoms with Crippen LogP contribution in [-0.4, -0.2) is 42.8 Å². The highest BCUT2D eigenvalue weighted by molar-refractivity contribution is 5.82. The Bertz CT molecular complexity index is 726. The Morgan fingerprint density at radius 1 is 1.28 bits per heavy atom. The third kappa shape index (κ3) is 2.97. The van der Waals surface area contributed by atoms with Crippen molar-refractivity contribution in [2.24, 2.45) is 0 Å². The van der Waals surface area contributed by atoms with Gasteiger partial charge in [0, 0.05) is 18.5 Å². The molecule has 0 saturated carbocycles. The number of alkyl halides is 3. The summed E-state index contributed by atoms with van der Waals surface area (Å²) in [6.07, 6.45) is 0.0939. The summed E-state index contributed by atoms with van der Waals surface area (Å²) in [6.45, 7) is 1.50. The Labute approximate surface area is 144 Å². The lowest BCUT2D eigenvalue weighted by Gasteiger charge is -2.38. The molecule has 1 saturated heterocycles. The van der Waals surface area contributed by atoms with Gasteiger partial charge in [-0.3, -0.25) is 4.79 Å². The molecule has 3 aliphatic rings. The average Bonchev–Trinajstić information content (AvgIpc) is 2.99. The van der Waals surface area contributed by atoms with Crippen LogP contribution >= 0.6 is 0 Å². The number of nitrogens with zero attached hydrogens (tertiary/aromatic N) is 1. The average molecular weight is 351 g/mol. The quantitative estimate of drug-likeness (QED) is 0.772. The maximum Gasteiger partial charge on any atom is 0.471 e. The van der Waals surface area contributed by atoms with Crippen LogP contribution < -0.4 is 0 Å². The molecule has 1 aromatic rings. The van der Waals surface area contributed by atoms with E-state index < -0.39 is 12.1 Å². The summed E-state index contributed by atoms with van der Waals surface area (Å²) in [7, 11) is 0. The van der Waals surface area contributed by atoms with E-state index in [2.05, 4.69) is 12.1 Å². The van der Waals surface area contributed by atoms with Crippen LogP contribution in [0.4, 0.5) is 13.2 Å². The number of piperidine rings is 1. The van der Waals surface area contributed by atoms with E-state index in [1.54, 1.807) is 0 Å². The summed E-state index contributed by atoms with van der Waals surface area (Å²) in [6, 6.07) is 5.83. The minimum atomic E-state index is -4.80.